The van der Waals surface area contributed by atoms with Crippen LogP contribution in [0.1, 0.15) is 52.4 Å². The van der Waals surface area contributed by atoms with Gasteiger partial charge < -0.3 is 10.0 Å². The van der Waals surface area contributed by atoms with Crippen molar-refractivity contribution >= 4 is 5.97 Å². The highest BCUT2D eigenvalue weighted by Gasteiger charge is 2.31. The number of hydrogen-bond acceptors (Lipinski definition) is 2. The number of carboxylic acids is 1. The third-order valence-electron chi connectivity index (χ3n) is 5.10. The summed E-state index contributed by atoms with van der Waals surface area (Å²) in [6.07, 6.45) is 6.59. The third kappa shape index (κ3) is 3.47. The molecule has 3 nitrogen and oxygen atoms in total. The minimum Gasteiger partial charge on any atom is -0.481 e. The minimum absolute atomic E-state index is 0.356. The lowest BCUT2D eigenvalue weighted by molar-refractivity contribution is -0.138. The molecular weight excluding hydrogens is 226 g/mol. The van der Waals surface area contributed by atoms with Gasteiger partial charge in [-0.2, -0.15) is 0 Å². The molecule has 4 unspecified atom stereocenters. The smallest absolute Gasteiger partial charge is 0.303 e. The van der Waals surface area contributed by atoms with Crippen LogP contribution in [-0.2, 0) is 4.79 Å². The number of rotatable bonds is 3. The van der Waals surface area contributed by atoms with E-state index in [0.29, 0.717) is 18.4 Å². The fourth-order valence-electron chi connectivity index (χ4n) is 3.69. The van der Waals surface area contributed by atoms with E-state index in [4.69, 9.17) is 5.11 Å². The molecule has 0 spiro atoms. The zero-order chi connectivity index (χ0) is 13.1. The summed E-state index contributed by atoms with van der Waals surface area (Å²) in [7, 11) is 0. The normalized spacial score (nSPS) is 38.6. The summed E-state index contributed by atoms with van der Waals surface area (Å²) in [6.45, 7) is 6.93. The van der Waals surface area contributed by atoms with Gasteiger partial charge in [0.2, 0.25) is 0 Å². The van der Waals surface area contributed by atoms with Crippen molar-refractivity contribution in [1.82, 2.24) is 4.90 Å². The Hall–Kier alpha value is -0.570. The Kier molecular flexibility index (Phi) is 4.66. The zero-order valence-corrected chi connectivity index (χ0v) is 11.8. The fraction of sp³-hybridized carbons (Fsp3) is 0.933. The van der Waals surface area contributed by atoms with E-state index >= 15 is 0 Å². The van der Waals surface area contributed by atoms with Crippen molar-refractivity contribution in [2.45, 2.75) is 58.4 Å². The molecule has 0 amide bonds. The van der Waals surface area contributed by atoms with Crippen molar-refractivity contribution in [3.8, 4) is 0 Å². The summed E-state index contributed by atoms with van der Waals surface area (Å²) < 4.78 is 0. The number of piperidine rings is 1. The van der Waals surface area contributed by atoms with Crippen molar-refractivity contribution in [3.63, 3.8) is 0 Å². The maximum atomic E-state index is 10.8. The second-order valence-electron chi connectivity index (χ2n) is 6.52. The van der Waals surface area contributed by atoms with E-state index in [1.54, 1.807) is 0 Å². The van der Waals surface area contributed by atoms with Crippen LogP contribution in [0.5, 0.6) is 0 Å². The highest BCUT2D eigenvalue weighted by atomic mass is 16.4. The molecule has 1 saturated carbocycles. The van der Waals surface area contributed by atoms with E-state index in [2.05, 4.69) is 18.7 Å². The van der Waals surface area contributed by atoms with Crippen molar-refractivity contribution in [1.29, 1.82) is 0 Å². The Morgan fingerprint density at radius 2 is 2.00 bits per heavy atom. The molecule has 3 heteroatoms. The molecule has 1 heterocycles. The van der Waals surface area contributed by atoms with Crippen LogP contribution in [0.4, 0.5) is 0 Å². The van der Waals surface area contributed by atoms with Crippen LogP contribution in [0.2, 0.25) is 0 Å². The molecule has 104 valence electrons. The lowest BCUT2D eigenvalue weighted by atomic mass is 9.78. The Balaban J connectivity index is 1.86. The lowest BCUT2D eigenvalue weighted by Crippen LogP contribution is -2.45. The average molecular weight is 253 g/mol. The van der Waals surface area contributed by atoms with Gasteiger partial charge in [0, 0.05) is 19.0 Å². The van der Waals surface area contributed by atoms with E-state index < -0.39 is 5.97 Å². The Labute approximate surface area is 111 Å². The van der Waals surface area contributed by atoms with Gasteiger partial charge in [0.05, 0.1) is 0 Å². The van der Waals surface area contributed by atoms with Gasteiger partial charge in [0.1, 0.15) is 0 Å². The van der Waals surface area contributed by atoms with Crippen molar-refractivity contribution in [2.75, 3.05) is 13.1 Å². The predicted octanol–water partition coefficient (Wildman–Crippen LogP) is 3.00. The molecule has 0 aromatic heterocycles. The van der Waals surface area contributed by atoms with Gasteiger partial charge in [0.25, 0.3) is 0 Å². The van der Waals surface area contributed by atoms with Crippen molar-refractivity contribution < 1.29 is 9.90 Å². The molecule has 2 aliphatic rings. The van der Waals surface area contributed by atoms with E-state index in [1.165, 1.54) is 32.2 Å². The fourth-order valence-corrected chi connectivity index (χ4v) is 3.69. The van der Waals surface area contributed by atoms with E-state index in [0.717, 1.165) is 24.8 Å². The van der Waals surface area contributed by atoms with Crippen LogP contribution < -0.4 is 0 Å². The average Bonchev–Trinajstić information content (AvgIpc) is 2.32. The Morgan fingerprint density at radius 1 is 1.22 bits per heavy atom. The predicted molar refractivity (Wildman–Crippen MR) is 72.5 cm³/mol. The molecule has 0 bridgehead atoms. The highest BCUT2D eigenvalue weighted by Crippen LogP contribution is 2.34. The maximum absolute atomic E-state index is 10.8. The molecule has 4 atom stereocenters. The first-order valence-corrected chi connectivity index (χ1v) is 7.52. The number of hydrogen-bond donors (Lipinski definition) is 1. The number of aliphatic carboxylic acids is 1. The minimum atomic E-state index is -0.632. The number of nitrogens with zero attached hydrogens (tertiary/aromatic N) is 1. The van der Waals surface area contributed by atoms with E-state index in [1.807, 2.05) is 0 Å². The summed E-state index contributed by atoms with van der Waals surface area (Å²) in [5.41, 5.74) is 0. The first kappa shape index (κ1) is 13.9. The SMILES string of the molecule is CC1CCC(N2CCCC(CC(=O)O)C2)CC1C. The van der Waals surface area contributed by atoms with Gasteiger partial charge in [-0.05, 0) is 56.4 Å². The second-order valence-corrected chi connectivity index (χ2v) is 6.52. The molecule has 1 aliphatic carbocycles. The maximum Gasteiger partial charge on any atom is 0.303 e. The van der Waals surface area contributed by atoms with Crippen LogP contribution in [-0.4, -0.2) is 35.1 Å². The van der Waals surface area contributed by atoms with Gasteiger partial charge in [-0.25, -0.2) is 0 Å². The molecule has 1 aliphatic heterocycles. The van der Waals surface area contributed by atoms with E-state index in [-0.39, 0.29) is 0 Å². The van der Waals surface area contributed by atoms with Crippen molar-refractivity contribution in [2.24, 2.45) is 17.8 Å². The molecule has 0 radical (unpaired) electrons. The van der Waals surface area contributed by atoms with Crippen LogP contribution in [0.25, 0.3) is 0 Å². The standard InChI is InChI=1S/C15H27NO2/c1-11-5-6-14(8-12(11)2)16-7-3-4-13(10-16)9-15(17)18/h11-14H,3-10H2,1-2H3,(H,17,18). The largest absolute Gasteiger partial charge is 0.481 e. The summed E-state index contributed by atoms with van der Waals surface area (Å²) in [4.78, 5) is 13.4. The number of carbonyl (C=O) groups is 1. The summed E-state index contributed by atoms with van der Waals surface area (Å²) >= 11 is 0. The number of carboxylic acid groups (broad SMARTS) is 1. The number of likely N-dealkylation sites (tertiary alicyclic amines) is 1. The molecule has 2 fully saturated rings. The highest BCUT2D eigenvalue weighted by molar-refractivity contribution is 5.67. The van der Waals surface area contributed by atoms with Gasteiger partial charge in [-0.15, -0.1) is 0 Å². The topological polar surface area (TPSA) is 40.5 Å². The van der Waals surface area contributed by atoms with Crippen LogP contribution >= 0.6 is 0 Å². The van der Waals surface area contributed by atoms with Gasteiger partial charge >= 0.3 is 5.97 Å². The van der Waals surface area contributed by atoms with E-state index in [9.17, 15) is 4.79 Å². The van der Waals surface area contributed by atoms with Crippen LogP contribution in [0, 0.1) is 17.8 Å². The van der Waals surface area contributed by atoms with Gasteiger partial charge in [0.15, 0.2) is 0 Å². The van der Waals surface area contributed by atoms with Gasteiger partial charge in [-0.3, -0.25) is 4.79 Å². The lowest BCUT2D eigenvalue weighted by Gasteiger charge is -2.42. The molecule has 1 saturated heterocycles. The quantitative estimate of drug-likeness (QED) is 0.840. The monoisotopic (exact) mass is 253 g/mol. The zero-order valence-electron chi connectivity index (χ0n) is 11.8. The summed E-state index contributed by atoms with van der Waals surface area (Å²) in [5.74, 6) is 1.43. The van der Waals surface area contributed by atoms with Crippen LogP contribution in [0.3, 0.4) is 0 Å². The summed E-state index contributed by atoms with van der Waals surface area (Å²) in [5, 5.41) is 8.92. The molecule has 0 aromatic carbocycles. The first-order chi connectivity index (χ1) is 8.56. The van der Waals surface area contributed by atoms with Crippen molar-refractivity contribution in [3.05, 3.63) is 0 Å². The molecule has 1 N–H and O–H groups in total. The molecule has 18 heavy (non-hydrogen) atoms. The Bertz CT molecular complexity index is 292. The molecule has 0 aromatic rings. The van der Waals surface area contributed by atoms with Gasteiger partial charge in [-0.1, -0.05) is 13.8 Å². The molecule has 2 rings (SSSR count). The Morgan fingerprint density at radius 3 is 2.67 bits per heavy atom. The summed E-state index contributed by atoms with van der Waals surface area (Å²) in [6, 6.07) is 0.716. The van der Waals surface area contributed by atoms with Crippen LogP contribution in [0.15, 0.2) is 0 Å². The second kappa shape index (κ2) is 6.05. The molecular formula is C15H27NO2. The first-order valence-electron chi connectivity index (χ1n) is 7.52. The third-order valence-corrected chi connectivity index (χ3v) is 5.10.